The lowest BCUT2D eigenvalue weighted by molar-refractivity contribution is -0.129. The molecule has 0 unspecified atom stereocenters. The van der Waals surface area contributed by atoms with Gasteiger partial charge in [-0.05, 0) is 0 Å². The first-order valence-electron chi connectivity index (χ1n) is 4.26. The van der Waals surface area contributed by atoms with E-state index in [-0.39, 0.29) is 11.8 Å². The van der Waals surface area contributed by atoms with Crippen molar-refractivity contribution in [3.8, 4) is 0 Å². The normalized spacial score (nSPS) is 15.4. The fraction of sp³-hybridized carbons (Fsp3) is 0.500. The molecule has 14 heavy (non-hydrogen) atoms. The van der Waals surface area contributed by atoms with Crippen LogP contribution >= 0.6 is 23.2 Å². The van der Waals surface area contributed by atoms with Crippen molar-refractivity contribution < 1.29 is 4.79 Å². The first-order chi connectivity index (χ1) is 6.72. The van der Waals surface area contributed by atoms with E-state index in [0.717, 1.165) is 5.82 Å². The SMILES string of the molecule is O=C(CCl)N1CCn2c(Cl)cnc2C1. The second kappa shape index (κ2) is 3.79. The zero-order valence-electron chi connectivity index (χ0n) is 7.41. The molecular formula is C8H9Cl2N3O. The van der Waals surface area contributed by atoms with Crippen LogP contribution in [0.1, 0.15) is 5.82 Å². The number of amides is 1. The molecule has 0 atom stereocenters. The Morgan fingerprint density at radius 1 is 1.57 bits per heavy atom. The number of carbonyl (C=O) groups excluding carboxylic acids is 1. The number of halogens is 2. The molecule has 0 aliphatic carbocycles. The van der Waals surface area contributed by atoms with Crippen LogP contribution in [0.15, 0.2) is 6.20 Å². The average molecular weight is 234 g/mol. The van der Waals surface area contributed by atoms with Crippen molar-refractivity contribution in [3.05, 3.63) is 17.2 Å². The molecule has 2 heterocycles. The van der Waals surface area contributed by atoms with Gasteiger partial charge < -0.3 is 9.47 Å². The maximum Gasteiger partial charge on any atom is 0.237 e. The van der Waals surface area contributed by atoms with Crippen LogP contribution in [0, 0.1) is 0 Å². The first-order valence-corrected chi connectivity index (χ1v) is 5.17. The molecule has 0 spiro atoms. The second-order valence-corrected chi connectivity index (χ2v) is 3.75. The van der Waals surface area contributed by atoms with Crippen molar-refractivity contribution >= 4 is 29.1 Å². The van der Waals surface area contributed by atoms with Gasteiger partial charge in [0.25, 0.3) is 0 Å². The van der Waals surface area contributed by atoms with Crippen molar-refractivity contribution in [2.24, 2.45) is 0 Å². The molecule has 1 aromatic rings. The Balaban J connectivity index is 2.18. The highest BCUT2D eigenvalue weighted by Gasteiger charge is 2.21. The topological polar surface area (TPSA) is 38.1 Å². The molecule has 0 aromatic carbocycles. The summed E-state index contributed by atoms with van der Waals surface area (Å²) in [5, 5.41) is 0.623. The number of nitrogens with zero attached hydrogens (tertiary/aromatic N) is 3. The smallest absolute Gasteiger partial charge is 0.237 e. The van der Waals surface area contributed by atoms with Gasteiger partial charge in [0.1, 0.15) is 16.9 Å². The molecule has 0 fully saturated rings. The van der Waals surface area contributed by atoms with Crippen molar-refractivity contribution in [3.63, 3.8) is 0 Å². The molecule has 0 bridgehead atoms. The molecule has 1 aromatic heterocycles. The summed E-state index contributed by atoms with van der Waals surface area (Å²) in [6, 6.07) is 0. The lowest BCUT2D eigenvalue weighted by Gasteiger charge is -2.27. The quantitative estimate of drug-likeness (QED) is 0.683. The number of imidazole rings is 1. The van der Waals surface area contributed by atoms with Gasteiger partial charge in [0, 0.05) is 13.1 Å². The van der Waals surface area contributed by atoms with Gasteiger partial charge in [-0.15, -0.1) is 11.6 Å². The van der Waals surface area contributed by atoms with Gasteiger partial charge in [-0.25, -0.2) is 4.98 Å². The Labute approximate surface area is 91.4 Å². The molecule has 0 N–H and O–H groups in total. The molecule has 0 radical (unpaired) electrons. The first kappa shape index (κ1) is 9.80. The van der Waals surface area contributed by atoms with E-state index in [1.165, 1.54) is 0 Å². The van der Waals surface area contributed by atoms with Crippen molar-refractivity contribution in [1.82, 2.24) is 14.5 Å². The zero-order chi connectivity index (χ0) is 10.1. The maximum atomic E-state index is 11.3. The van der Waals surface area contributed by atoms with Crippen LogP contribution < -0.4 is 0 Å². The summed E-state index contributed by atoms with van der Waals surface area (Å²) in [5.41, 5.74) is 0. The zero-order valence-corrected chi connectivity index (χ0v) is 8.92. The number of alkyl halides is 1. The fourth-order valence-corrected chi connectivity index (χ4v) is 1.92. The van der Waals surface area contributed by atoms with Gasteiger partial charge in [-0.2, -0.15) is 0 Å². The second-order valence-electron chi connectivity index (χ2n) is 3.10. The molecule has 6 heteroatoms. The third kappa shape index (κ3) is 1.60. The summed E-state index contributed by atoms with van der Waals surface area (Å²) >= 11 is 11.4. The molecule has 0 saturated carbocycles. The van der Waals surface area contributed by atoms with Gasteiger partial charge >= 0.3 is 0 Å². The lowest BCUT2D eigenvalue weighted by atomic mass is 10.3. The highest BCUT2D eigenvalue weighted by Crippen LogP contribution is 2.17. The van der Waals surface area contributed by atoms with E-state index in [1.54, 1.807) is 11.1 Å². The Hall–Kier alpha value is -0.740. The van der Waals surface area contributed by atoms with E-state index >= 15 is 0 Å². The predicted octanol–water partition coefficient (Wildman–Crippen LogP) is 1.12. The van der Waals surface area contributed by atoms with Crippen LogP contribution in [-0.2, 0) is 17.9 Å². The fourth-order valence-electron chi connectivity index (χ4n) is 1.52. The molecule has 4 nitrogen and oxygen atoms in total. The molecule has 1 aliphatic heterocycles. The minimum Gasteiger partial charge on any atom is -0.332 e. The highest BCUT2D eigenvalue weighted by molar-refractivity contribution is 6.29. The minimum atomic E-state index is -0.0583. The van der Waals surface area contributed by atoms with Crippen molar-refractivity contribution in [2.75, 3.05) is 12.4 Å². The summed E-state index contributed by atoms with van der Waals surface area (Å²) in [7, 11) is 0. The summed E-state index contributed by atoms with van der Waals surface area (Å²) < 4.78 is 1.90. The third-order valence-corrected chi connectivity index (χ3v) is 2.81. The van der Waals surface area contributed by atoms with E-state index in [2.05, 4.69) is 4.98 Å². The Morgan fingerprint density at radius 2 is 2.36 bits per heavy atom. The van der Waals surface area contributed by atoms with E-state index in [0.29, 0.717) is 24.8 Å². The molecule has 76 valence electrons. The molecule has 1 amide bonds. The van der Waals surface area contributed by atoms with Crippen LogP contribution in [0.25, 0.3) is 0 Å². The van der Waals surface area contributed by atoms with Crippen LogP contribution in [0.3, 0.4) is 0 Å². The molecular weight excluding hydrogens is 225 g/mol. The van der Waals surface area contributed by atoms with Crippen LogP contribution in [0.4, 0.5) is 0 Å². The van der Waals surface area contributed by atoms with E-state index < -0.39 is 0 Å². The van der Waals surface area contributed by atoms with E-state index in [4.69, 9.17) is 23.2 Å². The number of rotatable bonds is 1. The highest BCUT2D eigenvalue weighted by atomic mass is 35.5. The number of aromatic nitrogens is 2. The lowest BCUT2D eigenvalue weighted by Crippen LogP contribution is -2.39. The van der Waals surface area contributed by atoms with Gasteiger partial charge in [-0.3, -0.25) is 4.79 Å². The largest absolute Gasteiger partial charge is 0.332 e. The molecule has 0 saturated heterocycles. The summed E-state index contributed by atoms with van der Waals surface area (Å²) in [6.07, 6.45) is 1.60. The Kier molecular flexibility index (Phi) is 2.65. The maximum absolute atomic E-state index is 11.3. The molecule has 2 rings (SSSR count). The van der Waals surface area contributed by atoms with Crippen molar-refractivity contribution in [1.29, 1.82) is 0 Å². The minimum absolute atomic E-state index is 0.0223. The van der Waals surface area contributed by atoms with Crippen LogP contribution in [0.2, 0.25) is 5.15 Å². The van der Waals surface area contributed by atoms with E-state index in [1.807, 2.05) is 4.57 Å². The third-order valence-electron chi connectivity index (χ3n) is 2.28. The number of hydrogen-bond acceptors (Lipinski definition) is 2. The monoisotopic (exact) mass is 233 g/mol. The van der Waals surface area contributed by atoms with Gasteiger partial charge in [0.05, 0.1) is 12.7 Å². The summed E-state index contributed by atoms with van der Waals surface area (Å²) in [4.78, 5) is 17.1. The predicted molar refractivity (Wildman–Crippen MR) is 53.4 cm³/mol. The number of carbonyl (C=O) groups is 1. The van der Waals surface area contributed by atoms with Crippen LogP contribution in [0.5, 0.6) is 0 Å². The van der Waals surface area contributed by atoms with Gasteiger partial charge in [-0.1, -0.05) is 11.6 Å². The van der Waals surface area contributed by atoms with Gasteiger partial charge in [0.2, 0.25) is 5.91 Å². The van der Waals surface area contributed by atoms with Crippen LogP contribution in [-0.4, -0.2) is 32.8 Å². The number of fused-ring (bicyclic) bond motifs is 1. The standard InChI is InChI=1S/C8H9Cl2N3O/c9-3-8(14)12-1-2-13-6(10)4-11-7(13)5-12/h4H,1-3,5H2. The Morgan fingerprint density at radius 3 is 3.07 bits per heavy atom. The Bertz CT molecular complexity index is 363. The van der Waals surface area contributed by atoms with E-state index in [9.17, 15) is 4.79 Å². The average Bonchev–Trinajstić information content (AvgIpc) is 2.59. The summed E-state index contributed by atoms with van der Waals surface area (Å²) in [6.45, 7) is 1.84. The summed E-state index contributed by atoms with van der Waals surface area (Å²) in [5.74, 6) is 0.783. The number of hydrogen-bond donors (Lipinski definition) is 0. The molecule has 1 aliphatic rings. The van der Waals surface area contributed by atoms with Crippen molar-refractivity contribution in [2.45, 2.75) is 13.1 Å². The van der Waals surface area contributed by atoms with Gasteiger partial charge in [0.15, 0.2) is 0 Å².